The molecule has 2 atom stereocenters. The molecular weight excluding hydrogens is 324 g/mol. The average molecular weight is 350 g/mol. The van der Waals surface area contributed by atoms with Gasteiger partial charge in [0, 0.05) is 23.8 Å². The summed E-state index contributed by atoms with van der Waals surface area (Å²) in [5, 5.41) is 13.6. The number of nitrogens with zero attached hydrogens (tertiary/aromatic N) is 2. The van der Waals surface area contributed by atoms with Gasteiger partial charge in [0.05, 0.1) is 17.7 Å². The number of aryl methyl sites for hydroxylation is 1. The number of fused-ring (bicyclic) bond motifs is 1. The Labute approximate surface area is 154 Å². The summed E-state index contributed by atoms with van der Waals surface area (Å²) in [6, 6.07) is 10.5. The maximum absolute atomic E-state index is 12.9. The van der Waals surface area contributed by atoms with Crippen LogP contribution in [-0.4, -0.2) is 41.0 Å². The molecular formula is C21H26N4O. The SMILES string of the molecule is N#Cc1ccc2cc(CC[C@@H]3CCCN3C(=O)C3CCCCN3)[nH]c2c1. The summed E-state index contributed by atoms with van der Waals surface area (Å²) in [6.07, 6.45) is 7.46. The molecule has 1 aromatic heterocycles. The first-order chi connectivity index (χ1) is 12.7. The molecule has 2 aliphatic heterocycles. The van der Waals surface area contributed by atoms with Gasteiger partial charge in [-0.2, -0.15) is 5.26 Å². The van der Waals surface area contributed by atoms with E-state index < -0.39 is 0 Å². The molecule has 0 spiro atoms. The predicted octanol–water partition coefficient (Wildman–Crippen LogP) is 3.11. The standard InChI is InChI=1S/C21H26N4O/c22-14-15-6-7-16-13-17(24-20(16)12-15)8-9-18-4-3-11-25(18)21(26)19-5-1-2-10-23-19/h6-7,12-13,18-19,23-24H,1-5,8-11H2/t18-,19?/m0/s1. The van der Waals surface area contributed by atoms with E-state index in [0.717, 1.165) is 62.5 Å². The Kier molecular flexibility index (Phi) is 4.94. The molecule has 1 aromatic carbocycles. The summed E-state index contributed by atoms with van der Waals surface area (Å²) in [6.45, 7) is 1.87. The Bertz CT molecular complexity index is 828. The third kappa shape index (κ3) is 3.47. The Morgan fingerprint density at radius 1 is 1.23 bits per heavy atom. The van der Waals surface area contributed by atoms with Gasteiger partial charge in [0.25, 0.3) is 0 Å². The first-order valence-electron chi connectivity index (χ1n) is 9.80. The lowest BCUT2D eigenvalue weighted by molar-refractivity contribution is -0.135. The summed E-state index contributed by atoms with van der Waals surface area (Å²) in [5.41, 5.74) is 2.88. The maximum Gasteiger partial charge on any atom is 0.239 e. The number of benzene rings is 1. The van der Waals surface area contributed by atoms with E-state index in [1.807, 2.05) is 18.2 Å². The highest BCUT2D eigenvalue weighted by Crippen LogP contribution is 2.25. The molecule has 2 N–H and O–H groups in total. The van der Waals surface area contributed by atoms with Crippen molar-refractivity contribution < 1.29 is 4.79 Å². The monoisotopic (exact) mass is 350 g/mol. The summed E-state index contributed by atoms with van der Waals surface area (Å²) in [7, 11) is 0. The van der Waals surface area contributed by atoms with Crippen LogP contribution in [0.4, 0.5) is 0 Å². The Morgan fingerprint density at radius 2 is 2.15 bits per heavy atom. The van der Waals surface area contributed by atoms with E-state index >= 15 is 0 Å². The van der Waals surface area contributed by atoms with Gasteiger partial charge < -0.3 is 15.2 Å². The van der Waals surface area contributed by atoms with Gasteiger partial charge in [0.1, 0.15) is 0 Å². The molecule has 0 saturated carbocycles. The van der Waals surface area contributed by atoms with Crippen molar-refractivity contribution in [2.45, 2.75) is 57.0 Å². The van der Waals surface area contributed by atoms with Crippen LogP contribution < -0.4 is 5.32 Å². The molecule has 0 radical (unpaired) electrons. The smallest absolute Gasteiger partial charge is 0.239 e. The number of hydrogen-bond donors (Lipinski definition) is 2. The van der Waals surface area contributed by atoms with Crippen molar-refractivity contribution in [2.75, 3.05) is 13.1 Å². The van der Waals surface area contributed by atoms with Crippen LogP contribution in [0.15, 0.2) is 24.3 Å². The van der Waals surface area contributed by atoms with E-state index in [2.05, 4.69) is 27.3 Å². The number of H-pyrrole nitrogens is 1. The zero-order chi connectivity index (χ0) is 17.9. The van der Waals surface area contributed by atoms with E-state index in [1.54, 1.807) is 0 Å². The number of likely N-dealkylation sites (tertiary alicyclic amines) is 1. The van der Waals surface area contributed by atoms with Gasteiger partial charge in [0.2, 0.25) is 5.91 Å². The number of amides is 1. The Hall–Kier alpha value is -2.32. The van der Waals surface area contributed by atoms with E-state index in [4.69, 9.17) is 5.26 Å². The number of aromatic nitrogens is 1. The first-order valence-corrected chi connectivity index (χ1v) is 9.80. The zero-order valence-electron chi connectivity index (χ0n) is 15.1. The predicted molar refractivity (Wildman–Crippen MR) is 102 cm³/mol. The van der Waals surface area contributed by atoms with Crippen molar-refractivity contribution in [3.8, 4) is 6.07 Å². The number of carbonyl (C=O) groups excluding carboxylic acids is 1. The minimum Gasteiger partial charge on any atom is -0.358 e. The number of piperidine rings is 1. The number of carbonyl (C=O) groups is 1. The second-order valence-electron chi connectivity index (χ2n) is 7.58. The molecule has 0 aliphatic carbocycles. The summed E-state index contributed by atoms with van der Waals surface area (Å²) < 4.78 is 0. The van der Waals surface area contributed by atoms with Gasteiger partial charge in [-0.25, -0.2) is 0 Å². The van der Waals surface area contributed by atoms with Gasteiger partial charge in [-0.3, -0.25) is 4.79 Å². The second-order valence-corrected chi connectivity index (χ2v) is 7.58. The molecule has 2 aromatic rings. The lowest BCUT2D eigenvalue weighted by Crippen LogP contribution is -2.50. The van der Waals surface area contributed by atoms with Crippen molar-refractivity contribution in [2.24, 2.45) is 0 Å². The van der Waals surface area contributed by atoms with Crippen LogP contribution in [0, 0.1) is 11.3 Å². The fourth-order valence-corrected chi connectivity index (χ4v) is 4.40. The van der Waals surface area contributed by atoms with Gasteiger partial charge in [-0.15, -0.1) is 0 Å². The van der Waals surface area contributed by atoms with E-state index in [9.17, 15) is 4.79 Å². The molecule has 1 unspecified atom stereocenters. The third-order valence-corrected chi connectivity index (χ3v) is 5.82. The van der Waals surface area contributed by atoms with Crippen LogP contribution in [0.25, 0.3) is 10.9 Å². The molecule has 5 nitrogen and oxygen atoms in total. The van der Waals surface area contributed by atoms with Crippen molar-refractivity contribution in [3.05, 3.63) is 35.5 Å². The summed E-state index contributed by atoms with van der Waals surface area (Å²) >= 11 is 0. The molecule has 2 saturated heterocycles. The van der Waals surface area contributed by atoms with E-state index in [0.29, 0.717) is 17.5 Å². The average Bonchev–Trinajstić information content (AvgIpc) is 3.32. The molecule has 136 valence electrons. The molecule has 5 heteroatoms. The fourth-order valence-electron chi connectivity index (χ4n) is 4.40. The van der Waals surface area contributed by atoms with Gasteiger partial charge >= 0.3 is 0 Å². The molecule has 4 rings (SSSR count). The molecule has 26 heavy (non-hydrogen) atoms. The first kappa shape index (κ1) is 17.1. The Balaban J connectivity index is 1.40. The van der Waals surface area contributed by atoms with Gasteiger partial charge in [-0.1, -0.05) is 12.5 Å². The van der Waals surface area contributed by atoms with Crippen molar-refractivity contribution in [3.63, 3.8) is 0 Å². The fraction of sp³-hybridized carbons (Fsp3) is 0.524. The molecule has 2 fully saturated rings. The lowest BCUT2D eigenvalue weighted by atomic mass is 10.0. The second kappa shape index (κ2) is 7.51. The van der Waals surface area contributed by atoms with Crippen LogP contribution in [0.5, 0.6) is 0 Å². The van der Waals surface area contributed by atoms with Crippen LogP contribution in [-0.2, 0) is 11.2 Å². The summed E-state index contributed by atoms with van der Waals surface area (Å²) in [4.78, 5) is 18.4. The highest BCUT2D eigenvalue weighted by molar-refractivity contribution is 5.83. The van der Waals surface area contributed by atoms with Crippen LogP contribution >= 0.6 is 0 Å². The quantitative estimate of drug-likeness (QED) is 0.890. The number of rotatable bonds is 4. The molecule has 0 bridgehead atoms. The van der Waals surface area contributed by atoms with Gasteiger partial charge in [0.15, 0.2) is 0 Å². The minimum absolute atomic E-state index is 0.0295. The minimum atomic E-state index is 0.0295. The summed E-state index contributed by atoms with van der Waals surface area (Å²) in [5.74, 6) is 0.308. The number of aromatic amines is 1. The van der Waals surface area contributed by atoms with Crippen molar-refractivity contribution in [1.82, 2.24) is 15.2 Å². The van der Waals surface area contributed by atoms with Crippen LogP contribution in [0.1, 0.15) is 49.8 Å². The zero-order valence-corrected chi connectivity index (χ0v) is 15.1. The highest BCUT2D eigenvalue weighted by Gasteiger charge is 2.33. The number of nitrogens with one attached hydrogen (secondary N) is 2. The topological polar surface area (TPSA) is 71.9 Å². The van der Waals surface area contributed by atoms with Gasteiger partial charge in [-0.05, 0) is 68.7 Å². The highest BCUT2D eigenvalue weighted by atomic mass is 16.2. The van der Waals surface area contributed by atoms with E-state index in [1.165, 1.54) is 12.1 Å². The van der Waals surface area contributed by atoms with Crippen molar-refractivity contribution >= 4 is 16.8 Å². The number of hydrogen-bond acceptors (Lipinski definition) is 3. The van der Waals surface area contributed by atoms with Crippen LogP contribution in [0.3, 0.4) is 0 Å². The maximum atomic E-state index is 12.9. The largest absolute Gasteiger partial charge is 0.358 e. The van der Waals surface area contributed by atoms with E-state index in [-0.39, 0.29) is 6.04 Å². The normalized spacial score (nSPS) is 23.3. The Morgan fingerprint density at radius 3 is 2.96 bits per heavy atom. The third-order valence-electron chi connectivity index (χ3n) is 5.82. The number of nitriles is 1. The van der Waals surface area contributed by atoms with Crippen LogP contribution in [0.2, 0.25) is 0 Å². The molecule has 1 amide bonds. The lowest BCUT2D eigenvalue weighted by Gasteiger charge is -2.31. The molecule has 2 aliphatic rings. The van der Waals surface area contributed by atoms with Crippen molar-refractivity contribution in [1.29, 1.82) is 5.26 Å². The molecule has 3 heterocycles.